The highest BCUT2D eigenvalue weighted by Gasteiger charge is 2.29. The van der Waals surface area contributed by atoms with Crippen LogP contribution in [0.5, 0.6) is 0 Å². The molecule has 1 fully saturated rings. The summed E-state index contributed by atoms with van der Waals surface area (Å²) in [6, 6.07) is 9.16. The number of benzene rings is 1. The first-order valence-electron chi connectivity index (χ1n) is 8.12. The second-order valence-electron chi connectivity index (χ2n) is 6.08. The first-order valence-corrected chi connectivity index (χ1v) is 9.00. The van der Waals surface area contributed by atoms with Gasteiger partial charge >= 0.3 is 0 Å². The average Bonchev–Trinajstić information content (AvgIpc) is 3.10. The molecule has 1 aromatic heterocycles. The maximum atomic E-state index is 6.12. The molecule has 0 saturated carbocycles. The Labute approximate surface area is 131 Å². The molecule has 3 heteroatoms. The number of hydrogen-bond donors (Lipinski definition) is 1. The zero-order valence-corrected chi connectivity index (χ0v) is 13.8. The smallest absolute Gasteiger partial charge is 0.0735 e. The van der Waals surface area contributed by atoms with Crippen LogP contribution >= 0.6 is 11.3 Å². The second-order valence-corrected chi connectivity index (χ2v) is 7.00. The molecule has 1 aromatic carbocycles. The number of fused-ring (bicyclic) bond motifs is 1. The van der Waals surface area contributed by atoms with Gasteiger partial charge in [-0.2, -0.15) is 0 Å². The van der Waals surface area contributed by atoms with Crippen molar-refractivity contribution in [2.45, 2.75) is 57.8 Å². The van der Waals surface area contributed by atoms with Crippen molar-refractivity contribution in [3.63, 3.8) is 0 Å². The highest BCUT2D eigenvalue weighted by molar-refractivity contribution is 7.17. The Morgan fingerprint density at radius 1 is 1.33 bits per heavy atom. The van der Waals surface area contributed by atoms with Gasteiger partial charge in [-0.05, 0) is 61.5 Å². The van der Waals surface area contributed by atoms with Crippen LogP contribution in [0.25, 0.3) is 10.1 Å². The van der Waals surface area contributed by atoms with Gasteiger partial charge in [0.05, 0.1) is 12.2 Å². The molecule has 1 N–H and O–H groups in total. The van der Waals surface area contributed by atoms with E-state index in [1.807, 2.05) is 11.3 Å². The maximum absolute atomic E-state index is 6.12. The minimum absolute atomic E-state index is 0.366. The van der Waals surface area contributed by atoms with Gasteiger partial charge < -0.3 is 10.1 Å². The van der Waals surface area contributed by atoms with Gasteiger partial charge in [-0.15, -0.1) is 11.3 Å². The van der Waals surface area contributed by atoms with Gasteiger partial charge in [0.15, 0.2) is 0 Å². The lowest BCUT2D eigenvalue weighted by atomic mass is 9.98. The summed E-state index contributed by atoms with van der Waals surface area (Å²) in [6.45, 7) is 5.49. The van der Waals surface area contributed by atoms with E-state index < -0.39 is 0 Å². The standard InChI is InChI=1S/C18H25NOS/c1-3-10-19-16(17-9-8-13(2)20-17)11-14-12-21-18-7-5-4-6-15(14)18/h4-7,12-13,16-17,19H,3,8-11H2,1-2H3. The van der Waals surface area contributed by atoms with Crippen molar-refractivity contribution < 1.29 is 4.74 Å². The van der Waals surface area contributed by atoms with Crippen molar-refractivity contribution in [1.82, 2.24) is 5.32 Å². The Morgan fingerprint density at radius 3 is 2.95 bits per heavy atom. The molecule has 0 amide bonds. The largest absolute Gasteiger partial charge is 0.374 e. The van der Waals surface area contributed by atoms with Crippen LogP contribution in [0.3, 0.4) is 0 Å². The number of ether oxygens (including phenoxy) is 1. The van der Waals surface area contributed by atoms with E-state index >= 15 is 0 Å². The van der Waals surface area contributed by atoms with E-state index in [2.05, 4.69) is 48.8 Å². The molecule has 21 heavy (non-hydrogen) atoms. The fraction of sp³-hybridized carbons (Fsp3) is 0.556. The second kappa shape index (κ2) is 6.91. The molecule has 3 rings (SSSR count). The molecule has 1 aliphatic rings. The third-order valence-corrected chi connectivity index (χ3v) is 5.38. The van der Waals surface area contributed by atoms with Crippen molar-refractivity contribution in [2.75, 3.05) is 6.54 Å². The molecule has 2 nitrogen and oxygen atoms in total. The summed E-state index contributed by atoms with van der Waals surface area (Å²) in [5.74, 6) is 0. The van der Waals surface area contributed by atoms with Gasteiger partial charge in [0.25, 0.3) is 0 Å². The van der Waals surface area contributed by atoms with Gasteiger partial charge in [0, 0.05) is 10.7 Å². The van der Waals surface area contributed by atoms with Crippen LogP contribution in [0.1, 0.15) is 38.7 Å². The molecule has 0 aliphatic carbocycles. The normalized spacial score (nSPS) is 23.7. The van der Waals surface area contributed by atoms with Gasteiger partial charge in [-0.3, -0.25) is 0 Å². The number of nitrogens with one attached hydrogen (secondary N) is 1. The Morgan fingerprint density at radius 2 is 2.19 bits per heavy atom. The van der Waals surface area contributed by atoms with Gasteiger partial charge in [0.1, 0.15) is 0 Å². The van der Waals surface area contributed by atoms with Crippen LogP contribution in [0.2, 0.25) is 0 Å². The molecular weight excluding hydrogens is 278 g/mol. The highest BCUT2D eigenvalue weighted by Crippen LogP contribution is 2.29. The molecule has 0 radical (unpaired) electrons. The van der Waals surface area contributed by atoms with Crippen molar-refractivity contribution in [1.29, 1.82) is 0 Å². The first kappa shape index (κ1) is 15.0. The monoisotopic (exact) mass is 303 g/mol. The fourth-order valence-electron chi connectivity index (χ4n) is 3.22. The van der Waals surface area contributed by atoms with Gasteiger partial charge in [0.2, 0.25) is 0 Å². The summed E-state index contributed by atoms with van der Waals surface area (Å²) in [5, 5.41) is 7.45. The fourth-order valence-corrected chi connectivity index (χ4v) is 4.20. The zero-order chi connectivity index (χ0) is 14.7. The molecule has 3 atom stereocenters. The lowest BCUT2D eigenvalue weighted by Crippen LogP contribution is -2.42. The van der Waals surface area contributed by atoms with E-state index in [1.165, 1.54) is 34.9 Å². The van der Waals surface area contributed by atoms with E-state index in [0.717, 1.165) is 13.0 Å². The summed E-state index contributed by atoms with van der Waals surface area (Å²) < 4.78 is 7.51. The number of thiophene rings is 1. The van der Waals surface area contributed by atoms with E-state index in [9.17, 15) is 0 Å². The summed E-state index contributed by atoms with van der Waals surface area (Å²) in [6.07, 6.45) is 5.40. The van der Waals surface area contributed by atoms with E-state index in [1.54, 1.807) is 0 Å². The lowest BCUT2D eigenvalue weighted by molar-refractivity contribution is 0.0321. The van der Waals surface area contributed by atoms with Crippen LogP contribution in [-0.2, 0) is 11.2 Å². The Bertz CT molecular complexity index is 579. The lowest BCUT2D eigenvalue weighted by Gasteiger charge is -2.25. The summed E-state index contributed by atoms with van der Waals surface area (Å²) in [5.41, 5.74) is 1.47. The number of rotatable bonds is 6. The number of hydrogen-bond acceptors (Lipinski definition) is 3. The molecule has 2 heterocycles. The van der Waals surface area contributed by atoms with Crippen LogP contribution in [-0.4, -0.2) is 24.8 Å². The van der Waals surface area contributed by atoms with Crippen LogP contribution in [0.15, 0.2) is 29.6 Å². The Kier molecular flexibility index (Phi) is 4.94. The molecule has 1 saturated heterocycles. The van der Waals surface area contributed by atoms with E-state index in [4.69, 9.17) is 4.74 Å². The average molecular weight is 303 g/mol. The Balaban J connectivity index is 1.77. The van der Waals surface area contributed by atoms with Gasteiger partial charge in [-0.25, -0.2) is 0 Å². The zero-order valence-electron chi connectivity index (χ0n) is 13.0. The molecule has 0 spiro atoms. The molecule has 2 aromatic rings. The predicted molar refractivity (Wildman–Crippen MR) is 91.2 cm³/mol. The van der Waals surface area contributed by atoms with E-state index in [-0.39, 0.29) is 0 Å². The topological polar surface area (TPSA) is 21.3 Å². The third kappa shape index (κ3) is 3.47. The SMILES string of the molecule is CCCNC(Cc1csc2ccccc12)C1CCC(C)O1. The molecule has 3 unspecified atom stereocenters. The van der Waals surface area contributed by atoms with Crippen molar-refractivity contribution in [2.24, 2.45) is 0 Å². The van der Waals surface area contributed by atoms with E-state index in [0.29, 0.717) is 18.2 Å². The quantitative estimate of drug-likeness (QED) is 0.855. The third-order valence-electron chi connectivity index (χ3n) is 4.37. The highest BCUT2D eigenvalue weighted by atomic mass is 32.1. The first-order chi connectivity index (χ1) is 10.3. The molecule has 1 aliphatic heterocycles. The molecule has 114 valence electrons. The summed E-state index contributed by atoms with van der Waals surface area (Å²) in [7, 11) is 0. The molecular formula is C18H25NOS. The summed E-state index contributed by atoms with van der Waals surface area (Å²) in [4.78, 5) is 0. The minimum atomic E-state index is 0.366. The Hall–Kier alpha value is -0.900. The predicted octanol–water partition coefficient (Wildman–Crippen LogP) is 4.38. The molecule has 0 bridgehead atoms. The summed E-state index contributed by atoms with van der Waals surface area (Å²) >= 11 is 1.85. The van der Waals surface area contributed by atoms with Crippen molar-refractivity contribution >= 4 is 21.4 Å². The van der Waals surface area contributed by atoms with Crippen LogP contribution in [0.4, 0.5) is 0 Å². The van der Waals surface area contributed by atoms with Crippen LogP contribution < -0.4 is 5.32 Å². The minimum Gasteiger partial charge on any atom is -0.374 e. The van der Waals surface area contributed by atoms with Crippen molar-refractivity contribution in [3.05, 3.63) is 35.2 Å². The maximum Gasteiger partial charge on any atom is 0.0735 e. The van der Waals surface area contributed by atoms with Crippen LogP contribution in [0, 0.1) is 0 Å². The van der Waals surface area contributed by atoms with Crippen molar-refractivity contribution in [3.8, 4) is 0 Å². The van der Waals surface area contributed by atoms with Gasteiger partial charge in [-0.1, -0.05) is 25.1 Å².